The zero-order chi connectivity index (χ0) is 22.8. The van der Waals surface area contributed by atoms with E-state index in [4.69, 9.17) is 16.0 Å². The Morgan fingerprint density at radius 3 is 2.72 bits per heavy atom. The molecule has 1 heterocycles. The van der Waals surface area contributed by atoms with Crippen LogP contribution in [0.2, 0.25) is 5.02 Å². The molecule has 162 valence electrons. The highest BCUT2D eigenvalue weighted by Gasteiger charge is 2.20. The lowest BCUT2D eigenvalue weighted by Gasteiger charge is -2.09. The standard InChI is InChI=1S/C24H20ClN3O4/c1-3-14(2)15-9-11-22-20(12-15)27-24(32-22)16-8-10-18(25)19(13-16)26-23(29)17-6-4-5-7-21(17)28(30)31/h4-14H,3H2,1-2H3,(H,26,29). The van der Waals surface area contributed by atoms with Crippen molar-refractivity contribution in [3.63, 3.8) is 0 Å². The number of anilines is 1. The van der Waals surface area contributed by atoms with Crippen LogP contribution in [0.1, 0.15) is 42.1 Å². The fourth-order valence-corrected chi connectivity index (χ4v) is 3.54. The number of hydrogen-bond acceptors (Lipinski definition) is 5. The zero-order valence-corrected chi connectivity index (χ0v) is 18.2. The van der Waals surface area contributed by atoms with E-state index >= 15 is 0 Å². The van der Waals surface area contributed by atoms with Crippen LogP contribution in [0.25, 0.3) is 22.6 Å². The third kappa shape index (κ3) is 4.20. The van der Waals surface area contributed by atoms with E-state index in [0.29, 0.717) is 28.6 Å². The molecule has 0 bridgehead atoms. The van der Waals surface area contributed by atoms with Gasteiger partial charge >= 0.3 is 0 Å². The van der Waals surface area contributed by atoms with Crippen LogP contribution in [0.3, 0.4) is 0 Å². The lowest BCUT2D eigenvalue weighted by molar-refractivity contribution is -0.385. The minimum absolute atomic E-state index is 0.0570. The van der Waals surface area contributed by atoms with Crippen LogP contribution in [0, 0.1) is 10.1 Å². The molecular weight excluding hydrogens is 430 g/mol. The van der Waals surface area contributed by atoms with E-state index < -0.39 is 10.8 Å². The number of fused-ring (bicyclic) bond motifs is 1. The van der Waals surface area contributed by atoms with Crippen LogP contribution in [0.4, 0.5) is 11.4 Å². The second-order valence-electron chi connectivity index (χ2n) is 7.48. The molecule has 0 aliphatic heterocycles. The highest BCUT2D eigenvalue weighted by molar-refractivity contribution is 6.34. The lowest BCUT2D eigenvalue weighted by Crippen LogP contribution is -2.14. The molecule has 8 heteroatoms. The number of halogens is 1. The number of nitrogens with zero attached hydrogens (tertiary/aromatic N) is 2. The van der Waals surface area contributed by atoms with E-state index in [-0.39, 0.29) is 16.3 Å². The summed E-state index contributed by atoms with van der Waals surface area (Å²) in [5.41, 5.74) is 3.18. The molecule has 0 fully saturated rings. The number of benzene rings is 3. The number of nitro benzene ring substituents is 1. The molecule has 0 saturated carbocycles. The summed E-state index contributed by atoms with van der Waals surface area (Å²) in [4.78, 5) is 27.9. The molecule has 1 unspecified atom stereocenters. The van der Waals surface area contributed by atoms with Crippen molar-refractivity contribution in [2.45, 2.75) is 26.2 Å². The summed E-state index contributed by atoms with van der Waals surface area (Å²) in [7, 11) is 0. The first-order valence-corrected chi connectivity index (χ1v) is 10.5. The number of rotatable bonds is 6. The summed E-state index contributed by atoms with van der Waals surface area (Å²) in [6.07, 6.45) is 1.02. The average molecular weight is 450 g/mol. The molecule has 1 atom stereocenters. The van der Waals surface area contributed by atoms with Crippen molar-refractivity contribution in [3.8, 4) is 11.5 Å². The number of carbonyl (C=O) groups excluding carboxylic acids is 1. The van der Waals surface area contributed by atoms with Gasteiger partial charge in [0.1, 0.15) is 11.1 Å². The molecular formula is C24H20ClN3O4. The Morgan fingerprint density at radius 2 is 1.97 bits per heavy atom. The number of hydrogen-bond donors (Lipinski definition) is 1. The minimum Gasteiger partial charge on any atom is -0.436 e. The summed E-state index contributed by atoms with van der Waals surface area (Å²) >= 11 is 6.27. The molecule has 7 nitrogen and oxygen atoms in total. The Hall–Kier alpha value is -3.71. The predicted molar refractivity (Wildman–Crippen MR) is 124 cm³/mol. The topological polar surface area (TPSA) is 98.3 Å². The van der Waals surface area contributed by atoms with Crippen LogP contribution in [-0.4, -0.2) is 15.8 Å². The van der Waals surface area contributed by atoms with E-state index in [9.17, 15) is 14.9 Å². The molecule has 32 heavy (non-hydrogen) atoms. The Balaban J connectivity index is 1.66. The van der Waals surface area contributed by atoms with Crippen LogP contribution >= 0.6 is 11.6 Å². The number of para-hydroxylation sites is 1. The van der Waals surface area contributed by atoms with Gasteiger partial charge in [0.05, 0.1) is 15.6 Å². The van der Waals surface area contributed by atoms with Gasteiger partial charge in [0, 0.05) is 11.6 Å². The highest BCUT2D eigenvalue weighted by Crippen LogP contribution is 2.32. The third-order valence-corrected chi connectivity index (χ3v) is 5.73. The first kappa shape index (κ1) is 21.5. The number of nitro groups is 1. The molecule has 0 aliphatic rings. The molecule has 0 radical (unpaired) electrons. The van der Waals surface area contributed by atoms with Gasteiger partial charge in [-0.25, -0.2) is 4.98 Å². The van der Waals surface area contributed by atoms with E-state index in [1.807, 2.05) is 18.2 Å². The Bertz CT molecular complexity index is 1330. The van der Waals surface area contributed by atoms with E-state index in [2.05, 4.69) is 24.1 Å². The molecule has 3 aromatic carbocycles. The molecule has 1 N–H and O–H groups in total. The minimum atomic E-state index is -0.632. The van der Waals surface area contributed by atoms with Crippen molar-refractivity contribution in [1.29, 1.82) is 0 Å². The normalized spacial score (nSPS) is 12.0. The van der Waals surface area contributed by atoms with Gasteiger partial charge in [-0.1, -0.05) is 43.6 Å². The predicted octanol–water partition coefficient (Wildman–Crippen LogP) is 6.82. The average Bonchev–Trinajstić information content (AvgIpc) is 3.23. The first-order valence-electron chi connectivity index (χ1n) is 10.1. The van der Waals surface area contributed by atoms with E-state index in [1.165, 1.54) is 23.8 Å². The quantitative estimate of drug-likeness (QED) is 0.257. The van der Waals surface area contributed by atoms with Gasteiger partial charge in [0.2, 0.25) is 5.89 Å². The molecule has 0 aliphatic carbocycles. The second-order valence-corrected chi connectivity index (χ2v) is 7.89. The number of carbonyl (C=O) groups is 1. The van der Waals surface area contributed by atoms with Gasteiger partial charge in [-0.2, -0.15) is 0 Å². The molecule has 1 aromatic heterocycles. The van der Waals surface area contributed by atoms with Crippen molar-refractivity contribution in [1.82, 2.24) is 4.98 Å². The summed E-state index contributed by atoms with van der Waals surface area (Å²) in [6, 6.07) is 16.7. The maximum atomic E-state index is 12.7. The van der Waals surface area contributed by atoms with Crippen molar-refractivity contribution in [2.24, 2.45) is 0 Å². The van der Waals surface area contributed by atoms with Crippen molar-refractivity contribution < 1.29 is 14.1 Å². The van der Waals surface area contributed by atoms with Crippen molar-refractivity contribution in [2.75, 3.05) is 5.32 Å². The number of amides is 1. The first-order chi connectivity index (χ1) is 15.4. The van der Waals surface area contributed by atoms with Crippen molar-refractivity contribution >= 4 is 40.0 Å². The summed E-state index contributed by atoms with van der Waals surface area (Å²) < 4.78 is 5.90. The fraction of sp³-hybridized carbons (Fsp3) is 0.167. The number of aromatic nitrogens is 1. The zero-order valence-electron chi connectivity index (χ0n) is 17.5. The van der Waals surface area contributed by atoms with E-state index in [0.717, 1.165) is 11.9 Å². The van der Waals surface area contributed by atoms with Gasteiger partial charge < -0.3 is 9.73 Å². The lowest BCUT2D eigenvalue weighted by atomic mass is 9.98. The van der Waals surface area contributed by atoms with Gasteiger partial charge in [-0.05, 0) is 54.3 Å². The molecule has 4 rings (SSSR count). The fourth-order valence-electron chi connectivity index (χ4n) is 3.38. The maximum absolute atomic E-state index is 12.7. The Morgan fingerprint density at radius 1 is 1.19 bits per heavy atom. The molecule has 4 aromatic rings. The monoisotopic (exact) mass is 449 g/mol. The van der Waals surface area contributed by atoms with Crippen LogP contribution < -0.4 is 5.32 Å². The Kier molecular flexibility index (Phi) is 5.92. The summed E-state index contributed by atoms with van der Waals surface area (Å²) in [5, 5.41) is 14.2. The highest BCUT2D eigenvalue weighted by atomic mass is 35.5. The third-order valence-electron chi connectivity index (χ3n) is 5.40. The van der Waals surface area contributed by atoms with Gasteiger partial charge in [-0.3, -0.25) is 14.9 Å². The van der Waals surface area contributed by atoms with Crippen LogP contribution in [0.5, 0.6) is 0 Å². The second kappa shape index (κ2) is 8.80. The molecule has 1 amide bonds. The van der Waals surface area contributed by atoms with E-state index in [1.54, 1.807) is 24.3 Å². The summed E-state index contributed by atoms with van der Waals surface area (Å²) in [5.74, 6) is 0.171. The summed E-state index contributed by atoms with van der Waals surface area (Å²) in [6.45, 7) is 4.30. The largest absolute Gasteiger partial charge is 0.436 e. The van der Waals surface area contributed by atoms with Gasteiger partial charge in [0.25, 0.3) is 11.6 Å². The van der Waals surface area contributed by atoms with Crippen molar-refractivity contribution in [3.05, 3.63) is 86.9 Å². The van der Waals surface area contributed by atoms with Crippen LogP contribution in [-0.2, 0) is 0 Å². The maximum Gasteiger partial charge on any atom is 0.282 e. The van der Waals surface area contributed by atoms with Gasteiger partial charge in [0.15, 0.2) is 5.58 Å². The molecule has 0 saturated heterocycles. The number of oxazole rings is 1. The Labute approximate surface area is 189 Å². The number of nitrogens with one attached hydrogen (secondary N) is 1. The van der Waals surface area contributed by atoms with Crippen LogP contribution in [0.15, 0.2) is 65.1 Å². The molecule has 0 spiro atoms. The smallest absolute Gasteiger partial charge is 0.282 e. The van der Waals surface area contributed by atoms with Gasteiger partial charge in [-0.15, -0.1) is 0 Å². The SMILES string of the molecule is CCC(C)c1ccc2oc(-c3ccc(Cl)c(NC(=O)c4ccccc4[N+](=O)[O-])c3)nc2c1.